The van der Waals surface area contributed by atoms with Gasteiger partial charge < -0.3 is 10.0 Å². The number of thioether (sulfide) groups is 1. The highest BCUT2D eigenvalue weighted by Crippen LogP contribution is 2.21. The van der Waals surface area contributed by atoms with Gasteiger partial charge in [-0.3, -0.25) is 4.79 Å². The SMILES string of the molecule is CC1(O)CCCN(C(=O)CSCCc2ccccc2)C1. The fourth-order valence-corrected chi connectivity index (χ4v) is 3.40. The van der Waals surface area contributed by atoms with Gasteiger partial charge in [-0.05, 0) is 37.5 Å². The fourth-order valence-electron chi connectivity index (χ4n) is 2.52. The Bertz CT molecular complexity index is 433. The highest BCUT2D eigenvalue weighted by atomic mass is 32.2. The lowest BCUT2D eigenvalue weighted by Crippen LogP contribution is -2.49. The normalized spacial score (nSPS) is 22.8. The molecule has 1 unspecified atom stereocenters. The van der Waals surface area contributed by atoms with E-state index in [1.54, 1.807) is 16.7 Å². The Kier molecular flexibility index (Phi) is 5.49. The molecule has 110 valence electrons. The van der Waals surface area contributed by atoms with Gasteiger partial charge in [-0.2, -0.15) is 11.8 Å². The molecule has 1 N–H and O–H groups in total. The van der Waals surface area contributed by atoms with Crippen molar-refractivity contribution in [3.63, 3.8) is 0 Å². The summed E-state index contributed by atoms with van der Waals surface area (Å²) in [6.07, 6.45) is 2.68. The smallest absolute Gasteiger partial charge is 0.232 e. The van der Waals surface area contributed by atoms with Gasteiger partial charge in [-0.15, -0.1) is 0 Å². The minimum Gasteiger partial charge on any atom is -0.388 e. The Morgan fingerprint density at radius 2 is 2.15 bits per heavy atom. The van der Waals surface area contributed by atoms with Crippen molar-refractivity contribution in [3.8, 4) is 0 Å². The summed E-state index contributed by atoms with van der Waals surface area (Å²) in [6, 6.07) is 10.3. The van der Waals surface area contributed by atoms with Gasteiger partial charge in [0.15, 0.2) is 0 Å². The maximum absolute atomic E-state index is 12.1. The van der Waals surface area contributed by atoms with E-state index >= 15 is 0 Å². The first kappa shape index (κ1) is 15.4. The molecule has 1 saturated heterocycles. The molecule has 1 aromatic rings. The summed E-state index contributed by atoms with van der Waals surface area (Å²) in [7, 11) is 0. The Morgan fingerprint density at radius 1 is 1.40 bits per heavy atom. The summed E-state index contributed by atoms with van der Waals surface area (Å²) in [5.74, 6) is 1.63. The molecule has 1 heterocycles. The maximum Gasteiger partial charge on any atom is 0.232 e. The van der Waals surface area contributed by atoms with Crippen molar-refractivity contribution in [3.05, 3.63) is 35.9 Å². The van der Waals surface area contributed by atoms with Crippen LogP contribution in [0.15, 0.2) is 30.3 Å². The number of likely N-dealkylation sites (tertiary alicyclic amines) is 1. The Balaban J connectivity index is 1.67. The molecule has 1 aliphatic rings. The Labute approximate surface area is 125 Å². The molecule has 0 aliphatic carbocycles. The molecule has 1 aliphatic heterocycles. The van der Waals surface area contributed by atoms with Gasteiger partial charge in [0.2, 0.25) is 5.91 Å². The number of hydrogen-bond donors (Lipinski definition) is 1. The molecule has 0 bridgehead atoms. The molecule has 2 rings (SSSR count). The van der Waals surface area contributed by atoms with Crippen LogP contribution in [0.3, 0.4) is 0 Å². The van der Waals surface area contributed by atoms with Gasteiger partial charge in [0.25, 0.3) is 0 Å². The number of aryl methyl sites for hydroxylation is 1. The predicted octanol–water partition coefficient (Wildman–Crippen LogP) is 2.34. The van der Waals surface area contributed by atoms with E-state index in [1.807, 2.05) is 25.1 Å². The van der Waals surface area contributed by atoms with Crippen molar-refractivity contribution in [1.29, 1.82) is 0 Å². The summed E-state index contributed by atoms with van der Waals surface area (Å²) >= 11 is 1.68. The zero-order valence-electron chi connectivity index (χ0n) is 12.0. The van der Waals surface area contributed by atoms with Crippen LogP contribution in [-0.2, 0) is 11.2 Å². The number of amides is 1. The second-order valence-corrected chi connectivity index (χ2v) is 6.81. The van der Waals surface area contributed by atoms with Crippen LogP contribution in [0, 0.1) is 0 Å². The summed E-state index contributed by atoms with van der Waals surface area (Å²) in [5.41, 5.74) is 0.608. The van der Waals surface area contributed by atoms with E-state index in [1.165, 1.54) is 5.56 Å². The van der Waals surface area contributed by atoms with E-state index < -0.39 is 5.60 Å². The molecule has 3 nitrogen and oxygen atoms in total. The minimum atomic E-state index is -0.706. The van der Waals surface area contributed by atoms with Crippen molar-refractivity contribution >= 4 is 17.7 Å². The van der Waals surface area contributed by atoms with Crippen molar-refractivity contribution in [2.45, 2.75) is 31.8 Å². The van der Waals surface area contributed by atoms with E-state index in [-0.39, 0.29) is 5.91 Å². The number of rotatable bonds is 5. The number of carbonyl (C=O) groups is 1. The second-order valence-electron chi connectivity index (χ2n) is 5.70. The third-order valence-electron chi connectivity index (χ3n) is 3.63. The summed E-state index contributed by atoms with van der Waals surface area (Å²) < 4.78 is 0. The van der Waals surface area contributed by atoms with Gasteiger partial charge in [0.05, 0.1) is 11.4 Å². The van der Waals surface area contributed by atoms with Crippen LogP contribution >= 0.6 is 11.8 Å². The van der Waals surface area contributed by atoms with Crippen molar-refractivity contribution in [2.75, 3.05) is 24.6 Å². The van der Waals surface area contributed by atoms with Gasteiger partial charge in [0.1, 0.15) is 0 Å². The molecule has 4 heteroatoms. The van der Waals surface area contributed by atoms with Gasteiger partial charge in [-0.25, -0.2) is 0 Å². The van der Waals surface area contributed by atoms with Crippen LogP contribution in [0.4, 0.5) is 0 Å². The Hall–Kier alpha value is -1.00. The number of hydrogen-bond acceptors (Lipinski definition) is 3. The third-order valence-corrected chi connectivity index (χ3v) is 4.57. The standard InChI is InChI=1S/C16H23NO2S/c1-16(19)9-5-10-17(13-16)15(18)12-20-11-8-14-6-3-2-4-7-14/h2-4,6-7,19H,5,8-13H2,1H3. The summed E-state index contributed by atoms with van der Waals surface area (Å²) in [4.78, 5) is 13.9. The molecule has 20 heavy (non-hydrogen) atoms. The first-order valence-corrected chi connectivity index (χ1v) is 8.34. The summed E-state index contributed by atoms with van der Waals surface area (Å²) in [5, 5.41) is 10.0. The van der Waals surface area contributed by atoms with E-state index in [9.17, 15) is 9.90 Å². The molecule has 0 saturated carbocycles. The average molecular weight is 293 g/mol. The van der Waals surface area contributed by atoms with Crippen LogP contribution in [0.1, 0.15) is 25.3 Å². The lowest BCUT2D eigenvalue weighted by atomic mass is 9.95. The molecular formula is C16H23NO2S. The first-order chi connectivity index (χ1) is 9.57. The lowest BCUT2D eigenvalue weighted by Gasteiger charge is -2.36. The molecule has 1 fully saturated rings. The zero-order valence-corrected chi connectivity index (χ0v) is 12.9. The number of nitrogens with zero attached hydrogens (tertiary/aromatic N) is 1. The van der Waals surface area contributed by atoms with Crippen molar-refractivity contribution in [1.82, 2.24) is 4.90 Å². The van der Waals surface area contributed by atoms with Crippen LogP contribution in [0.25, 0.3) is 0 Å². The molecule has 0 spiro atoms. The van der Waals surface area contributed by atoms with Crippen molar-refractivity contribution in [2.24, 2.45) is 0 Å². The molecule has 1 amide bonds. The highest BCUT2D eigenvalue weighted by Gasteiger charge is 2.30. The predicted molar refractivity (Wildman–Crippen MR) is 83.9 cm³/mol. The van der Waals surface area contributed by atoms with Crippen LogP contribution < -0.4 is 0 Å². The molecule has 1 atom stereocenters. The molecule has 0 radical (unpaired) electrons. The van der Waals surface area contributed by atoms with Crippen LogP contribution in [0.5, 0.6) is 0 Å². The van der Waals surface area contributed by atoms with Gasteiger partial charge >= 0.3 is 0 Å². The zero-order chi connectivity index (χ0) is 14.4. The van der Waals surface area contributed by atoms with E-state index in [4.69, 9.17) is 0 Å². The lowest BCUT2D eigenvalue weighted by molar-refractivity contribution is -0.134. The van der Waals surface area contributed by atoms with Gasteiger partial charge in [0, 0.05) is 13.1 Å². The van der Waals surface area contributed by atoms with Crippen molar-refractivity contribution < 1.29 is 9.90 Å². The highest BCUT2D eigenvalue weighted by molar-refractivity contribution is 7.99. The minimum absolute atomic E-state index is 0.156. The first-order valence-electron chi connectivity index (χ1n) is 7.19. The number of β-amino-alcohol motifs (C(OH)–C–C–N with tert-alkyl or cyclic N) is 1. The largest absolute Gasteiger partial charge is 0.388 e. The number of benzene rings is 1. The van der Waals surface area contributed by atoms with E-state index in [0.717, 1.165) is 31.6 Å². The summed E-state index contributed by atoms with van der Waals surface area (Å²) in [6.45, 7) is 3.08. The average Bonchev–Trinajstić information content (AvgIpc) is 2.43. The number of carbonyl (C=O) groups excluding carboxylic acids is 1. The molecular weight excluding hydrogens is 270 g/mol. The van der Waals surface area contributed by atoms with E-state index in [2.05, 4.69) is 12.1 Å². The quantitative estimate of drug-likeness (QED) is 0.847. The maximum atomic E-state index is 12.1. The van der Waals surface area contributed by atoms with Crippen LogP contribution in [-0.4, -0.2) is 46.1 Å². The Morgan fingerprint density at radius 3 is 2.85 bits per heavy atom. The molecule has 0 aromatic heterocycles. The fraction of sp³-hybridized carbons (Fsp3) is 0.562. The number of aliphatic hydroxyl groups is 1. The second kappa shape index (κ2) is 7.14. The van der Waals surface area contributed by atoms with E-state index in [0.29, 0.717) is 12.3 Å². The number of piperidine rings is 1. The molecule has 1 aromatic carbocycles. The van der Waals surface area contributed by atoms with Crippen LogP contribution in [0.2, 0.25) is 0 Å². The van der Waals surface area contributed by atoms with Gasteiger partial charge in [-0.1, -0.05) is 30.3 Å². The topological polar surface area (TPSA) is 40.5 Å². The third kappa shape index (κ3) is 4.84. The monoisotopic (exact) mass is 293 g/mol.